The van der Waals surface area contributed by atoms with Crippen LogP contribution < -0.4 is 9.64 Å². The molecule has 14 heteroatoms. The van der Waals surface area contributed by atoms with Crippen molar-refractivity contribution in [3.8, 4) is 11.8 Å². The molecule has 2 amide bonds. The number of rotatable bonds is 6. The van der Waals surface area contributed by atoms with Gasteiger partial charge in [-0.05, 0) is 30.3 Å². The quantitative estimate of drug-likeness (QED) is 0.520. The molecule has 41 heavy (non-hydrogen) atoms. The van der Waals surface area contributed by atoms with Crippen molar-refractivity contribution in [2.75, 3.05) is 57.4 Å². The van der Waals surface area contributed by atoms with E-state index in [-0.39, 0.29) is 38.0 Å². The Balaban J connectivity index is 1.21. The molecule has 2 aromatic rings. The molecule has 214 valence electrons. The van der Waals surface area contributed by atoms with Crippen LogP contribution in [0.1, 0.15) is 15.9 Å². The zero-order valence-electron chi connectivity index (χ0n) is 21.8. The molecular formula is C27H26F3N7O4. The second-order valence-electron chi connectivity index (χ2n) is 9.64. The highest BCUT2D eigenvalue weighted by molar-refractivity contribution is 5.94. The van der Waals surface area contributed by atoms with Crippen LogP contribution >= 0.6 is 0 Å². The Hall–Kier alpha value is -4.51. The normalized spacial score (nSPS) is 21.4. The number of nitrogens with zero attached hydrogens (tertiary/aromatic N) is 7. The van der Waals surface area contributed by atoms with Gasteiger partial charge in [-0.25, -0.2) is 4.98 Å². The first-order valence-electron chi connectivity index (χ1n) is 12.9. The second kappa shape index (κ2) is 11.9. The molecular weight excluding hydrogens is 543 g/mol. The SMILES string of the molecule is N#Cc1ccc(N2CCN(C(=O)c3cccc(OCC4COCCN4C4=CN=NC(=O)C4C(F)(F)F)c3)CC2)nc1. The van der Waals surface area contributed by atoms with Gasteiger partial charge in [-0.3, -0.25) is 9.59 Å². The summed E-state index contributed by atoms with van der Waals surface area (Å²) in [6, 6.07) is 11.5. The lowest BCUT2D eigenvalue weighted by atomic mass is 10.0. The summed E-state index contributed by atoms with van der Waals surface area (Å²) in [5.41, 5.74) is 0.613. The number of carbonyl (C=O) groups excluding carboxylic acids is 2. The number of ether oxygens (including phenoxy) is 2. The Bertz CT molecular complexity index is 1380. The summed E-state index contributed by atoms with van der Waals surface area (Å²) in [5.74, 6) is -2.81. The molecule has 2 saturated heterocycles. The van der Waals surface area contributed by atoms with Gasteiger partial charge in [0.25, 0.3) is 11.8 Å². The van der Waals surface area contributed by atoms with Crippen LogP contribution in [0.15, 0.2) is 64.7 Å². The first-order valence-corrected chi connectivity index (χ1v) is 12.9. The van der Waals surface area contributed by atoms with Gasteiger partial charge in [0.1, 0.15) is 24.2 Å². The molecule has 2 unspecified atom stereocenters. The van der Waals surface area contributed by atoms with Gasteiger partial charge < -0.3 is 24.2 Å². The van der Waals surface area contributed by atoms with Crippen molar-refractivity contribution in [3.05, 3.63) is 65.6 Å². The van der Waals surface area contributed by atoms with Crippen molar-refractivity contribution in [1.82, 2.24) is 14.8 Å². The standard InChI is InChI=1S/C27H26F3N7O4/c28-27(29,30)24-22(15-33-34-25(24)38)37-10-11-40-16-20(37)17-41-21-3-1-2-19(12-21)26(39)36-8-6-35(7-9-36)23-5-4-18(13-31)14-32-23/h1-5,12,14-15,20,24H,6-11,16-17H2. The van der Waals surface area contributed by atoms with E-state index in [1.165, 1.54) is 11.1 Å². The van der Waals surface area contributed by atoms with E-state index >= 15 is 0 Å². The maximum absolute atomic E-state index is 13.7. The minimum absolute atomic E-state index is 0.0405. The molecule has 0 spiro atoms. The number of hydrogen-bond acceptors (Lipinski definition) is 9. The van der Waals surface area contributed by atoms with Crippen molar-refractivity contribution in [3.63, 3.8) is 0 Å². The molecule has 4 heterocycles. The van der Waals surface area contributed by atoms with E-state index in [4.69, 9.17) is 14.7 Å². The van der Waals surface area contributed by atoms with E-state index < -0.39 is 24.0 Å². The summed E-state index contributed by atoms with van der Waals surface area (Å²) < 4.78 is 52.4. The van der Waals surface area contributed by atoms with E-state index in [0.29, 0.717) is 43.1 Å². The van der Waals surface area contributed by atoms with Gasteiger partial charge in [0.15, 0.2) is 5.92 Å². The number of morpholine rings is 1. The van der Waals surface area contributed by atoms with Gasteiger partial charge in [0.05, 0.1) is 36.7 Å². The second-order valence-corrected chi connectivity index (χ2v) is 9.64. The zero-order valence-corrected chi connectivity index (χ0v) is 21.8. The molecule has 1 aromatic carbocycles. The number of alkyl halides is 3. The number of anilines is 1. The topological polar surface area (TPSA) is 124 Å². The number of aromatic nitrogens is 1. The molecule has 0 saturated carbocycles. The minimum Gasteiger partial charge on any atom is -0.491 e. The molecule has 0 radical (unpaired) electrons. The van der Waals surface area contributed by atoms with Gasteiger partial charge in [0.2, 0.25) is 0 Å². The molecule has 5 rings (SSSR count). The summed E-state index contributed by atoms with van der Waals surface area (Å²) >= 11 is 0. The number of azo groups is 1. The first kappa shape index (κ1) is 28.0. The van der Waals surface area contributed by atoms with E-state index in [2.05, 4.69) is 15.2 Å². The number of hydrogen-bond donors (Lipinski definition) is 0. The van der Waals surface area contributed by atoms with Crippen LogP contribution in [-0.2, 0) is 9.53 Å². The summed E-state index contributed by atoms with van der Waals surface area (Å²) in [6.45, 7) is 2.47. The largest absolute Gasteiger partial charge is 0.491 e. The monoisotopic (exact) mass is 569 g/mol. The maximum Gasteiger partial charge on any atom is 0.406 e. The van der Waals surface area contributed by atoms with E-state index in [0.717, 1.165) is 12.0 Å². The predicted molar refractivity (Wildman–Crippen MR) is 138 cm³/mol. The lowest BCUT2D eigenvalue weighted by molar-refractivity contribution is -0.179. The zero-order chi connectivity index (χ0) is 29.0. The first-order chi connectivity index (χ1) is 19.7. The van der Waals surface area contributed by atoms with Crippen molar-refractivity contribution < 1.29 is 32.2 Å². The van der Waals surface area contributed by atoms with Crippen LogP contribution in [0.25, 0.3) is 0 Å². The number of piperazine rings is 1. The molecule has 0 aliphatic carbocycles. The van der Waals surface area contributed by atoms with Crippen LogP contribution in [-0.4, -0.2) is 91.4 Å². The van der Waals surface area contributed by atoms with E-state index in [9.17, 15) is 22.8 Å². The van der Waals surface area contributed by atoms with Crippen LogP contribution in [0, 0.1) is 17.2 Å². The van der Waals surface area contributed by atoms with Gasteiger partial charge in [0, 0.05) is 44.5 Å². The fourth-order valence-electron chi connectivity index (χ4n) is 4.96. The highest BCUT2D eigenvalue weighted by Crippen LogP contribution is 2.37. The number of halogens is 3. The molecule has 11 nitrogen and oxygen atoms in total. The lowest BCUT2D eigenvalue weighted by Crippen LogP contribution is -2.51. The average Bonchev–Trinajstić information content (AvgIpc) is 2.99. The number of benzene rings is 1. The summed E-state index contributed by atoms with van der Waals surface area (Å²) in [6.07, 6.45) is -2.33. The Labute approximate surface area is 233 Å². The van der Waals surface area contributed by atoms with E-state index in [1.807, 2.05) is 11.0 Å². The number of nitriles is 1. The molecule has 0 N–H and O–H groups in total. The minimum atomic E-state index is -4.81. The Morgan fingerprint density at radius 1 is 1.15 bits per heavy atom. The summed E-state index contributed by atoms with van der Waals surface area (Å²) in [4.78, 5) is 34.7. The predicted octanol–water partition coefficient (Wildman–Crippen LogP) is 3.01. The van der Waals surface area contributed by atoms with Crippen LogP contribution in [0.4, 0.5) is 19.0 Å². The van der Waals surface area contributed by atoms with Crippen LogP contribution in [0.2, 0.25) is 0 Å². The number of carbonyl (C=O) groups is 2. The fraction of sp³-hybridized carbons (Fsp3) is 0.407. The average molecular weight is 570 g/mol. The van der Waals surface area contributed by atoms with Crippen molar-refractivity contribution >= 4 is 17.6 Å². The molecule has 3 aliphatic rings. The van der Waals surface area contributed by atoms with Crippen molar-refractivity contribution in [1.29, 1.82) is 5.26 Å². The molecule has 1 aromatic heterocycles. The third-order valence-corrected chi connectivity index (χ3v) is 7.07. The summed E-state index contributed by atoms with van der Waals surface area (Å²) in [5, 5.41) is 15.5. The molecule has 3 aliphatic heterocycles. The third kappa shape index (κ3) is 6.30. The van der Waals surface area contributed by atoms with Gasteiger partial charge in [-0.15, -0.1) is 5.11 Å². The number of pyridine rings is 1. The van der Waals surface area contributed by atoms with Gasteiger partial charge >= 0.3 is 6.18 Å². The smallest absolute Gasteiger partial charge is 0.406 e. The Morgan fingerprint density at radius 2 is 1.95 bits per heavy atom. The third-order valence-electron chi connectivity index (χ3n) is 7.07. The molecule has 0 bridgehead atoms. The van der Waals surface area contributed by atoms with Gasteiger partial charge in [-0.1, -0.05) is 6.07 Å². The van der Waals surface area contributed by atoms with Crippen LogP contribution in [0.5, 0.6) is 5.75 Å². The van der Waals surface area contributed by atoms with Crippen molar-refractivity contribution in [2.24, 2.45) is 16.1 Å². The van der Waals surface area contributed by atoms with E-state index in [1.54, 1.807) is 41.3 Å². The summed E-state index contributed by atoms with van der Waals surface area (Å²) in [7, 11) is 0. The molecule has 2 fully saturated rings. The highest BCUT2D eigenvalue weighted by Gasteiger charge is 2.51. The van der Waals surface area contributed by atoms with Crippen LogP contribution in [0.3, 0.4) is 0 Å². The van der Waals surface area contributed by atoms with Crippen molar-refractivity contribution in [2.45, 2.75) is 12.2 Å². The number of amides is 2. The Morgan fingerprint density at radius 3 is 2.66 bits per heavy atom. The highest BCUT2D eigenvalue weighted by atomic mass is 19.4. The Kier molecular flexibility index (Phi) is 8.16. The lowest BCUT2D eigenvalue weighted by Gasteiger charge is -2.40. The molecule has 2 atom stereocenters. The van der Waals surface area contributed by atoms with Gasteiger partial charge in [-0.2, -0.15) is 23.5 Å². The fourth-order valence-corrected chi connectivity index (χ4v) is 4.96. The maximum atomic E-state index is 13.7.